The molecule has 3 aromatic rings. The smallest absolute Gasteiger partial charge is 0.262 e. The number of aryl methyl sites for hydroxylation is 1. The van der Waals surface area contributed by atoms with Crippen LogP contribution in [-0.4, -0.2) is 16.1 Å². The summed E-state index contributed by atoms with van der Waals surface area (Å²) >= 11 is 0. The van der Waals surface area contributed by atoms with Gasteiger partial charge in [-0.05, 0) is 18.6 Å². The maximum absolute atomic E-state index is 12.3. The number of nitrogens with zero attached hydrogens (tertiary/aromatic N) is 2. The van der Waals surface area contributed by atoms with E-state index in [4.69, 9.17) is 0 Å². The molecule has 1 heterocycles. The van der Waals surface area contributed by atoms with Gasteiger partial charge in [0.2, 0.25) is 0 Å². The van der Waals surface area contributed by atoms with E-state index in [9.17, 15) is 10.1 Å². The van der Waals surface area contributed by atoms with E-state index in [1.165, 1.54) is 0 Å². The lowest BCUT2D eigenvalue weighted by molar-refractivity contribution is -0.117. The predicted octanol–water partition coefficient (Wildman–Crippen LogP) is 3.61. The molecule has 0 atom stereocenters. The third-order valence-electron chi connectivity index (χ3n) is 3.97. The van der Waals surface area contributed by atoms with Gasteiger partial charge in [0.15, 0.2) is 0 Å². The average Bonchev–Trinajstić information content (AvgIpc) is 3.14. The Kier molecular flexibility index (Phi) is 5.25. The van der Waals surface area contributed by atoms with E-state index >= 15 is 0 Å². The van der Waals surface area contributed by atoms with Crippen LogP contribution in [0.1, 0.15) is 16.7 Å². The molecule has 1 amide bonds. The summed E-state index contributed by atoms with van der Waals surface area (Å²) in [7, 11) is 0. The molecule has 0 unspecified atom stereocenters. The Morgan fingerprint density at radius 2 is 1.92 bits per heavy atom. The molecule has 3 rings (SSSR count). The van der Waals surface area contributed by atoms with E-state index in [-0.39, 0.29) is 5.57 Å². The molecule has 128 valence electrons. The lowest BCUT2D eigenvalue weighted by Gasteiger charge is -2.05. The molecule has 0 aliphatic rings. The number of rotatable bonds is 5. The van der Waals surface area contributed by atoms with Gasteiger partial charge in [-0.15, -0.1) is 0 Å². The van der Waals surface area contributed by atoms with Crippen LogP contribution in [-0.2, 0) is 11.3 Å². The molecule has 0 saturated carbocycles. The third kappa shape index (κ3) is 4.05. The SMILES string of the molecule is Cc1ccc(-c2[nH]ncc2/C=C(\C#N)C(=O)NCc2ccccc2)cc1. The summed E-state index contributed by atoms with van der Waals surface area (Å²) in [6, 6.07) is 19.5. The van der Waals surface area contributed by atoms with E-state index in [1.54, 1.807) is 12.3 Å². The first-order valence-electron chi connectivity index (χ1n) is 8.21. The predicted molar refractivity (Wildman–Crippen MR) is 101 cm³/mol. The number of H-pyrrole nitrogens is 1. The van der Waals surface area contributed by atoms with Gasteiger partial charge in [-0.1, -0.05) is 60.2 Å². The Balaban J connectivity index is 1.79. The Bertz CT molecular complexity index is 963. The van der Waals surface area contributed by atoms with Crippen molar-refractivity contribution in [3.63, 3.8) is 0 Å². The maximum atomic E-state index is 12.3. The van der Waals surface area contributed by atoms with Crippen molar-refractivity contribution in [2.24, 2.45) is 0 Å². The van der Waals surface area contributed by atoms with Gasteiger partial charge in [-0.3, -0.25) is 9.89 Å². The summed E-state index contributed by atoms with van der Waals surface area (Å²) < 4.78 is 0. The summed E-state index contributed by atoms with van der Waals surface area (Å²) in [5.74, 6) is -0.410. The summed E-state index contributed by atoms with van der Waals surface area (Å²) in [6.07, 6.45) is 3.16. The molecule has 0 saturated heterocycles. The van der Waals surface area contributed by atoms with Gasteiger partial charge in [0.25, 0.3) is 5.91 Å². The Morgan fingerprint density at radius 3 is 2.62 bits per heavy atom. The minimum absolute atomic E-state index is 0.0377. The zero-order valence-electron chi connectivity index (χ0n) is 14.4. The molecule has 0 bridgehead atoms. The molecule has 26 heavy (non-hydrogen) atoms. The molecular formula is C21H18N4O. The van der Waals surface area contributed by atoms with E-state index < -0.39 is 5.91 Å². The molecule has 1 aromatic heterocycles. The van der Waals surface area contributed by atoms with Crippen LogP contribution in [0.15, 0.2) is 66.4 Å². The topological polar surface area (TPSA) is 81.6 Å². The summed E-state index contributed by atoms with van der Waals surface area (Å²) in [5, 5.41) is 19.1. The van der Waals surface area contributed by atoms with Crippen molar-refractivity contribution in [2.45, 2.75) is 13.5 Å². The van der Waals surface area contributed by atoms with Crippen molar-refractivity contribution in [2.75, 3.05) is 0 Å². The van der Waals surface area contributed by atoms with Crippen LogP contribution >= 0.6 is 0 Å². The van der Waals surface area contributed by atoms with E-state index in [1.807, 2.05) is 67.6 Å². The van der Waals surface area contributed by atoms with Crippen molar-refractivity contribution < 1.29 is 4.79 Å². The number of aromatic amines is 1. The molecule has 5 nitrogen and oxygen atoms in total. The Hall–Kier alpha value is -3.65. The molecule has 0 aliphatic heterocycles. The fourth-order valence-corrected chi connectivity index (χ4v) is 2.53. The van der Waals surface area contributed by atoms with Crippen LogP contribution in [0, 0.1) is 18.3 Å². The van der Waals surface area contributed by atoms with Gasteiger partial charge in [0.05, 0.1) is 11.9 Å². The first-order valence-corrected chi connectivity index (χ1v) is 8.21. The first kappa shape index (κ1) is 17.2. The molecule has 0 fully saturated rings. The number of hydrogen-bond donors (Lipinski definition) is 2. The lowest BCUT2D eigenvalue weighted by Crippen LogP contribution is -2.23. The maximum Gasteiger partial charge on any atom is 0.262 e. The lowest BCUT2D eigenvalue weighted by atomic mass is 10.0. The third-order valence-corrected chi connectivity index (χ3v) is 3.97. The second-order valence-corrected chi connectivity index (χ2v) is 5.90. The highest BCUT2D eigenvalue weighted by atomic mass is 16.1. The van der Waals surface area contributed by atoms with Gasteiger partial charge in [0, 0.05) is 17.7 Å². The van der Waals surface area contributed by atoms with Crippen molar-refractivity contribution in [1.29, 1.82) is 5.26 Å². The fraction of sp³-hybridized carbons (Fsp3) is 0.0952. The Morgan fingerprint density at radius 1 is 1.19 bits per heavy atom. The molecule has 5 heteroatoms. The Labute approximate surface area is 152 Å². The number of amides is 1. The van der Waals surface area contributed by atoms with Crippen LogP contribution in [0.3, 0.4) is 0 Å². The second kappa shape index (κ2) is 7.95. The van der Waals surface area contributed by atoms with Crippen molar-refractivity contribution >= 4 is 12.0 Å². The molecule has 2 aromatic carbocycles. The summed E-state index contributed by atoms with van der Waals surface area (Å²) in [6.45, 7) is 2.39. The first-order chi connectivity index (χ1) is 12.7. The molecule has 0 aliphatic carbocycles. The highest BCUT2D eigenvalue weighted by molar-refractivity contribution is 6.02. The zero-order chi connectivity index (χ0) is 18.4. The molecule has 0 radical (unpaired) electrons. The van der Waals surface area contributed by atoms with E-state index in [2.05, 4.69) is 15.5 Å². The number of aromatic nitrogens is 2. The number of benzene rings is 2. The van der Waals surface area contributed by atoms with Crippen LogP contribution in [0.4, 0.5) is 0 Å². The van der Waals surface area contributed by atoms with Crippen LogP contribution < -0.4 is 5.32 Å². The second-order valence-electron chi connectivity index (χ2n) is 5.90. The van der Waals surface area contributed by atoms with Crippen LogP contribution in [0.2, 0.25) is 0 Å². The summed E-state index contributed by atoms with van der Waals surface area (Å²) in [5.41, 5.74) is 4.58. The molecule has 2 N–H and O–H groups in total. The highest BCUT2D eigenvalue weighted by Gasteiger charge is 2.12. The van der Waals surface area contributed by atoms with Crippen molar-refractivity contribution in [3.05, 3.63) is 83.1 Å². The number of carbonyl (C=O) groups is 1. The average molecular weight is 342 g/mol. The van der Waals surface area contributed by atoms with Crippen molar-refractivity contribution in [1.82, 2.24) is 15.5 Å². The zero-order valence-corrected chi connectivity index (χ0v) is 14.4. The number of nitriles is 1. The van der Waals surface area contributed by atoms with Crippen LogP contribution in [0.25, 0.3) is 17.3 Å². The fourth-order valence-electron chi connectivity index (χ4n) is 2.53. The number of carbonyl (C=O) groups excluding carboxylic acids is 1. The van der Waals surface area contributed by atoms with Gasteiger partial charge < -0.3 is 5.32 Å². The van der Waals surface area contributed by atoms with E-state index in [0.29, 0.717) is 12.1 Å². The highest BCUT2D eigenvalue weighted by Crippen LogP contribution is 2.23. The van der Waals surface area contributed by atoms with Crippen molar-refractivity contribution in [3.8, 4) is 17.3 Å². The normalized spacial score (nSPS) is 11.0. The minimum atomic E-state index is -0.410. The largest absolute Gasteiger partial charge is 0.347 e. The standard InChI is InChI=1S/C21H18N4O/c1-15-7-9-17(10-8-15)20-19(14-24-25-20)11-18(12-22)21(26)23-13-16-5-3-2-4-6-16/h2-11,14H,13H2,1H3,(H,23,26)(H,24,25)/b18-11+. The van der Waals surface area contributed by atoms with Crippen LogP contribution in [0.5, 0.6) is 0 Å². The van der Waals surface area contributed by atoms with Gasteiger partial charge >= 0.3 is 0 Å². The van der Waals surface area contributed by atoms with Gasteiger partial charge in [-0.25, -0.2) is 0 Å². The quantitative estimate of drug-likeness (QED) is 0.549. The number of nitrogens with one attached hydrogen (secondary N) is 2. The molecular weight excluding hydrogens is 324 g/mol. The van der Waals surface area contributed by atoms with E-state index in [0.717, 1.165) is 22.4 Å². The number of hydrogen-bond acceptors (Lipinski definition) is 3. The minimum Gasteiger partial charge on any atom is -0.347 e. The van der Waals surface area contributed by atoms with Gasteiger partial charge in [-0.2, -0.15) is 10.4 Å². The monoisotopic (exact) mass is 342 g/mol. The van der Waals surface area contributed by atoms with Gasteiger partial charge in [0.1, 0.15) is 11.6 Å². The summed E-state index contributed by atoms with van der Waals surface area (Å²) in [4.78, 5) is 12.3. The molecule has 0 spiro atoms.